The standard InChI is InChI=1S/C10H6BrNO3/c11-10-12-7-3-1-2-6(9(7)15-10)4-5-8(13)14/h1-5H,(H,13,14)/b5-4+. The fourth-order valence-electron chi connectivity index (χ4n) is 1.24. The summed E-state index contributed by atoms with van der Waals surface area (Å²) >= 11 is 3.12. The first kappa shape index (κ1) is 9.92. The van der Waals surface area contributed by atoms with Gasteiger partial charge in [0.2, 0.25) is 0 Å². The largest absolute Gasteiger partial charge is 0.478 e. The number of rotatable bonds is 2. The number of carbonyl (C=O) groups is 1. The molecular formula is C10H6BrNO3. The lowest BCUT2D eigenvalue weighted by molar-refractivity contribution is -0.131. The average Bonchev–Trinajstić information content (AvgIpc) is 2.55. The fourth-order valence-corrected chi connectivity index (χ4v) is 1.59. The van der Waals surface area contributed by atoms with E-state index in [1.807, 2.05) is 0 Å². The van der Waals surface area contributed by atoms with E-state index < -0.39 is 5.97 Å². The van der Waals surface area contributed by atoms with Crippen molar-refractivity contribution in [1.82, 2.24) is 4.98 Å². The molecule has 2 rings (SSSR count). The van der Waals surface area contributed by atoms with Crippen molar-refractivity contribution < 1.29 is 14.3 Å². The minimum absolute atomic E-state index is 0.383. The Kier molecular flexibility index (Phi) is 2.55. The van der Waals surface area contributed by atoms with Crippen LogP contribution in [0.1, 0.15) is 5.56 Å². The Morgan fingerprint density at radius 1 is 1.53 bits per heavy atom. The van der Waals surface area contributed by atoms with Crippen LogP contribution in [0.2, 0.25) is 0 Å². The van der Waals surface area contributed by atoms with Gasteiger partial charge in [0.15, 0.2) is 5.58 Å². The van der Waals surface area contributed by atoms with E-state index in [0.717, 1.165) is 6.08 Å². The highest BCUT2D eigenvalue weighted by Crippen LogP contribution is 2.23. The normalized spacial score (nSPS) is 11.3. The molecule has 0 bridgehead atoms. The zero-order chi connectivity index (χ0) is 10.8. The van der Waals surface area contributed by atoms with Gasteiger partial charge in [-0.3, -0.25) is 0 Å². The summed E-state index contributed by atoms with van der Waals surface area (Å²) in [6.07, 6.45) is 2.54. The maximum absolute atomic E-state index is 10.4. The summed E-state index contributed by atoms with van der Waals surface area (Å²) in [6, 6.07) is 5.35. The quantitative estimate of drug-likeness (QED) is 0.850. The Hall–Kier alpha value is -1.62. The lowest BCUT2D eigenvalue weighted by atomic mass is 10.2. The van der Waals surface area contributed by atoms with Crippen molar-refractivity contribution >= 4 is 39.1 Å². The molecule has 0 unspecified atom stereocenters. The van der Waals surface area contributed by atoms with Gasteiger partial charge in [-0.2, -0.15) is 0 Å². The molecule has 0 fully saturated rings. The Bertz CT molecular complexity index is 545. The van der Waals surface area contributed by atoms with E-state index in [0.29, 0.717) is 21.5 Å². The van der Waals surface area contributed by atoms with Gasteiger partial charge in [0.05, 0.1) is 0 Å². The van der Waals surface area contributed by atoms with E-state index >= 15 is 0 Å². The number of oxazole rings is 1. The van der Waals surface area contributed by atoms with Crippen molar-refractivity contribution in [2.75, 3.05) is 0 Å². The smallest absolute Gasteiger partial charge is 0.328 e. The van der Waals surface area contributed by atoms with Crippen LogP contribution in [0.25, 0.3) is 17.2 Å². The number of halogens is 1. The number of hydrogen-bond donors (Lipinski definition) is 1. The zero-order valence-corrected chi connectivity index (χ0v) is 9.06. The van der Waals surface area contributed by atoms with Crippen LogP contribution < -0.4 is 0 Å². The summed E-state index contributed by atoms with van der Waals surface area (Å²) < 4.78 is 5.29. The van der Waals surface area contributed by atoms with Crippen LogP contribution >= 0.6 is 15.9 Å². The molecule has 0 aliphatic carbocycles. The van der Waals surface area contributed by atoms with Gasteiger partial charge in [-0.25, -0.2) is 9.78 Å². The molecule has 0 spiro atoms. The van der Waals surface area contributed by atoms with Gasteiger partial charge < -0.3 is 9.52 Å². The molecule has 1 heterocycles. The maximum Gasteiger partial charge on any atom is 0.328 e. The van der Waals surface area contributed by atoms with E-state index in [4.69, 9.17) is 9.52 Å². The molecule has 1 aromatic heterocycles. The molecule has 5 heteroatoms. The summed E-state index contributed by atoms with van der Waals surface area (Å²) in [4.78, 5) is 14.8. The number of fused-ring (bicyclic) bond motifs is 1. The summed E-state index contributed by atoms with van der Waals surface area (Å²) in [5.74, 6) is -0.995. The molecule has 0 amide bonds. The first-order valence-electron chi connectivity index (χ1n) is 4.13. The minimum atomic E-state index is -0.995. The summed E-state index contributed by atoms with van der Waals surface area (Å²) in [5.41, 5.74) is 1.95. The van der Waals surface area contributed by atoms with Gasteiger partial charge in [-0.15, -0.1) is 0 Å². The second-order valence-electron chi connectivity index (χ2n) is 2.83. The third-order valence-electron chi connectivity index (χ3n) is 1.82. The molecule has 2 aromatic rings. The number of benzene rings is 1. The first-order chi connectivity index (χ1) is 7.16. The number of carboxylic acids is 1. The maximum atomic E-state index is 10.4. The van der Waals surface area contributed by atoms with Crippen LogP contribution in [0, 0.1) is 0 Å². The predicted octanol–water partition coefficient (Wildman–Crippen LogP) is 2.69. The SMILES string of the molecule is O=C(O)/C=C/c1cccc2nc(Br)oc12. The van der Waals surface area contributed by atoms with Crippen LogP contribution in [-0.4, -0.2) is 16.1 Å². The average molecular weight is 268 g/mol. The van der Waals surface area contributed by atoms with Crippen molar-refractivity contribution in [2.24, 2.45) is 0 Å². The molecule has 0 aliphatic rings. The zero-order valence-electron chi connectivity index (χ0n) is 7.48. The number of para-hydroxylation sites is 1. The van der Waals surface area contributed by atoms with E-state index in [-0.39, 0.29) is 0 Å². The molecule has 0 saturated carbocycles. The molecule has 1 N–H and O–H groups in total. The molecular weight excluding hydrogens is 262 g/mol. The molecule has 0 aliphatic heterocycles. The Balaban J connectivity index is 2.55. The van der Waals surface area contributed by atoms with Gasteiger partial charge in [-0.05, 0) is 12.1 Å². The van der Waals surface area contributed by atoms with Crippen molar-refractivity contribution in [3.05, 3.63) is 34.6 Å². The summed E-state index contributed by atoms with van der Waals surface area (Å²) in [6.45, 7) is 0. The number of carboxylic acid groups (broad SMARTS) is 1. The molecule has 0 atom stereocenters. The molecule has 15 heavy (non-hydrogen) atoms. The molecule has 0 saturated heterocycles. The monoisotopic (exact) mass is 267 g/mol. The molecule has 1 aromatic carbocycles. The van der Waals surface area contributed by atoms with E-state index in [1.54, 1.807) is 18.2 Å². The highest BCUT2D eigenvalue weighted by Gasteiger charge is 2.05. The van der Waals surface area contributed by atoms with Crippen molar-refractivity contribution in [3.8, 4) is 0 Å². The number of aliphatic carboxylic acids is 1. The highest BCUT2D eigenvalue weighted by molar-refractivity contribution is 9.10. The van der Waals surface area contributed by atoms with Crippen molar-refractivity contribution in [3.63, 3.8) is 0 Å². The predicted molar refractivity (Wildman–Crippen MR) is 58.4 cm³/mol. The first-order valence-corrected chi connectivity index (χ1v) is 4.92. The van der Waals surface area contributed by atoms with E-state index in [1.165, 1.54) is 6.08 Å². The Labute approximate surface area is 93.4 Å². The molecule has 0 radical (unpaired) electrons. The topological polar surface area (TPSA) is 63.3 Å². The van der Waals surface area contributed by atoms with Gasteiger partial charge in [0, 0.05) is 27.6 Å². The lowest BCUT2D eigenvalue weighted by Crippen LogP contribution is -1.85. The third kappa shape index (κ3) is 2.07. The third-order valence-corrected chi connectivity index (χ3v) is 2.16. The second kappa shape index (κ2) is 3.86. The number of aromatic nitrogens is 1. The lowest BCUT2D eigenvalue weighted by Gasteiger charge is -1.92. The van der Waals surface area contributed by atoms with Crippen LogP contribution in [-0.2, 0) is 4.79 Å². The Morgan fingerprint density at radius 2 is 2.33 bits per heavy atom. The molecule has 4 nitrogen and oxygen atoms in total. The second-order valence-corrected chi connectivity index (χ2v) is 3.51. The number of hydrogen-bond acceptors (Lipinski definition) is 3. The Morgan fingerprint density at radius 3 is 3.07 bits per heavy atom. The van der Waals surface area contributed by atoms with Crippen LogP contribution in [0.3, 0.4) is 0 Å². The van der Waals surface area contributed by atoms with Gasteiger partial charge in [0.25, 0.3) is 4.80 Å². The van der Waals surface area contributed by atoms with E-state index in [9.17, 15) is 4.79 Å². The van der Waals surface area contributed by atoms with Gasteiger partial charge >= 0.3 is 5.97 Å². The molecule has 76 valence electrons. The van der Waals surface area contributed by atoms with Crippen molar-refractivity contribution in [2.45, 2.75) is 0 Å². The van der Waals surface area contributed by atoms with Crippen LogP contribution in [0.4, 0.5) is 0 Å². The van der Waals surface area contributed by atoms with Gasteiger partial charge in [0.1, 0.15) is 5.52 Å². The summed E-state index contributed by atoms with van der Waals surface area (Å²) in [7, 11) is 0. The van der Waals surface area contributed by atoms with Gasteiger partial charge in [-0.1, -0.05) is 12.1 Å². The fraction of sp³-hybridized carbons (Fsp3) is 0. The number of nitrogens with zero attached hydrogens (tertiary/aromatic N) is 1. The van der Waals surface area contributed by atoms with Crippen LogP contribution in [0.5, 0.6) is 0 Å². The van der Waals surface area contributed by atoms with Crippen LogP contribution in [0.15, 0.2) is 33.5 Å². The summed E-state index contributed by atoms with van der Waals surface area (Å²) in [5, 5.41) is 8.51. The van der Waals surface area contributed by atoms with E-state index in [2.05, 4.69) is 20.9 Å². The minimum Gasteiger partial charge on any atom is -0.478 e. The highest BCUT2D eigenvalue weighted by atomic mass is 79.9. The van der Waals surface area contributed by atoms with Crippen molar-refractivity contribution in [1.29, 1.82) is 0 Å².